The molecule has 2 unspecified atom stereocenters. The van der Waals surface area contributed by atoms with E-state index in [1.807, 2.05) is 0 Å². The Hall–Kier alpha value is -3.08. The lowest BCUT2D eigenvalue weighted by Crippen LogP contribution is -2.41. The van der Waals surface area contributed by atoms with E-state index >= 15 is 0 Å². The average molecular weight is 485 g/mol. The van der Waals surface area contributed by atoms with Crippen molar-refractivity contribution in [2.45, 2.75) is 70.1 Å². The Labute approximate surface area is 219 Å². The zero-order chi connectivity index (χ0) is 25.5. The lowest BCUT2D eigenvalue weighted by Gasteiger charge is -2.38. The number of fused-ring (bicyclic) bond motifs is 6. The van der Waals surface area contributed by atoms with Crippen LogP contribution in [0.15, 0.2) is 83.9 Å². The normalized spacial score (nSPS) is 26.5. The standard InChI is InChI=1S/C33H32BNO2/c1-31(2)22-15-11-14-20-19-12-7-9-16-25(19)35-26-17-10-8-13-21(26)28-24(18-23(31)29(27(20)22)30(28)35)34-36-32(3,4)33(5,6)37-34/h7-18,29-30H,1-6H3. The Morgan fingerprint density at radius 3 is 2.00 bits per heavy atom. The van der Waals surface area contributed by atoms with Gasteiger partial charge in [-0.05, 0) is 67.6 Å². The molecule has 2 aliphatic carbocycles. The molecule has 1 saturated heterocycles. The fourth-order valence-corrected chi connectivity index (χ4v) is 7.57. The Kier molecular flexibility index (Phi) is 3.96. The highest BCUT2D eigenvalue weighted by atomic mass is 16.7. The molecule has 0 radical (unpaired) electrons. The summed E-state index contributed by atoms with van der Waals surface area (Å²) in [5.74, 6) is 0.280. The molecule has 2 atom stereocenters. The van der Waals surface area contributed by atoms with Crippen molar-refractivity contribution >= 4 is 24.1 Å². The molecule has 0 saturated carbocycles. The van der Waals surface area contributed by atoms with Gasteiger partial charge in [-0.1, -0.05) is 80.1 Å². The van der Waals surface area contributed by atoms with E-state index in [1.165, 1.54) is 55.8 Å². The lowest BCUT2D eigenvalue weighted by molar-refractivity contribution is 0.00578. The summed E-state index contributed by atoms with van der Waals surface area (Å²) < 4.78 is 13.5. The molecule has 4 heteroatoms. The van der Waals surface area contributed by atoms with Gasteiger partial charge in [0.1, 0.15) is 0 Å². The first kappa shape index (κ1) is 22.0. The predicted molar refractivity (Wildman–Crippen MR) is 151 cm³/mol. The summed E-state index contributed by atoms with van der Waals surface area (Å²) in [7, 11) is -0.404. The summed E-state index contributed by atoms with van der Waals surface area (Å²) in [4.78, 5) is 2.62. The molecule has 3 nitrogen and oxygen atoms in total. The van der Waals surface area contributed by atoms with E-state index in [1.54, 1.807) is 0 Å². The first-order valence-electron chi connectivity index (χ1n) is 13.5. The van der Waals surface area contributed by atoms with Crippen LogP contribution in [-0.2, 0) is 14.7 Å². The van der Waals surface area contributed by atoms with Gasteiger partial charge in [0.2, 0.25) is 0 Å². The summed E-state index contributed by atoms with van der Waals surface area (Å²) in [6.45, 7) is 13.4. The smallest absolute Gasteiger partial charge is 0.399 e. The number of hydrogen-bond acceptors (Lipinski definition) is 3. The van der Waals surface area contributed by atoms with Gasteiger partial charge in [-0.25, -0.2) is 0 Å². The van der Waals surface area contributed by atoms with Crippen molar-refractivity contribution in [3.63, 3.8) is 0 Å². The summed E-state index contributed by atoms with van der Waals surface area (Å²) >= 11 is 0. The van der Waals surface area contributed by atoms with Gasteiger partial charge in [-0.2, -0.15) is 0 Å². The van der Waals surface area contributed by atoms with Crippen molar-refractivity contribution in [2.75, 3.05) is 4.90 Å². The Morgan fingerprint density at radius 1 is 0.703 bits per heavy atom. The van der Waals surface area contributed by atoms with Gasteiger partial charge < -0.3 is 14.2 Å². The van der Waals surface area contributed by atoms with Crippen LogP contribution in [0.5, 0.6) is 0 Å². The quantitative estimate of drug-likeness (QED) is 0.332. The zero-order valence-corrected chi connectivity index (χ0v) is 22.4. The molecule has 3 heterocycles. The highest BCUT2D eigenvalue weighted by Crippen LogP contribution is 2.66. The van der Waals surface area contributed by atoms with Gasteiger partial charge >= 0.3 is 7.12 Å². The van der Waals surface area contributed by atoms with Crippen LogP contribution >= 0.6 is 0 Å². The van der Waals surface area contributed by atoms with Crippen LogP contribution in [0.3, 0.4) is 0 Å². The maximum absolute atomic E-state index is 6.73. The number of anilines is 2. The van der Waals surface area contributed by atoms with Crippen molar-refractivity contribution in [1.82, 2.24) is 0 Å². The molecule has 0 aromatic heterocycles. The van der Waals surface area contributed by atoms with Crippen LogP contribution in [0.2, 0.25) is 0 Å². The van der Waals surface area contributed by atoms with Crippen LogP contribution < -0.4 is 4.90 Å². The fraction of sp³-hybridized carbons (Fsp3) is 0.333. The van der Waals surface area contributed by atoms with E-state index in [9.17, 15) is 0 Å². The van der Waals surface area contributed by atoms with Crippen molar-refractivity contribution in [2.24, 2.45) is 0 Å². The van der Waals surface area contributed by atoms with E-state index < -0.39 is 18.3 Å². The van der Waals surface area contributed by atoms with Crippen LogP contribution in [0.1, 0.15) is 64.2 Å². The van der Waals surface area contributed by atoms with Gasteiger partial charge in [0.05, 0.1) is 17.2 Å². The third-order valence-electron chi connectivity index (χ3n) is 10.1. The summed E-state index contributed by atoms with van der Waals surface area (Å²) in [5, 5.41) is 0. The topological polar surface area (TPSA) is 21.7 Å². The maximum Gasteiger partial charge on any atom is 0.495 e. The van der Waals surface area contributed by atoms with E-state index in [0.717, 1.165) is 0 Å². The molecule has 37 heavy (non-hydrogen) atoms. The third-order valence-corrected chi connectivity index (χ3v) is 10.1. The molecular weight excluding hydrogens is 453 g/mol. The van der Waals surface area contributed by atoms with E-state index in [-0.39, 0.29) is 17.4 Å². The van der Waals surface area contributed by atoms with Crippen molar-refractivity contribution in [1.29, 1.82) is 0 Å². The molecule has 184 valence electrons. The molecule has 0 bridgehead atoms. The Morgan fingerprint density at radius 2 is 1.30 bits per heavy atom. The molecule has 3 aromatic rings. The maximum atomic E-state index is 6.73. The molecule has 0 N–H and O–H groups in total. The Balaban J connectivity index is 1.49. The lowest BCUT2D eigenvalue weighted by atomic mass is 9.64. The van der Waals surface area contributed by atoms with Crippen LogP contribution in [0, 0.1) is 0 Å². The zero-order valence-electron chi connectivity index (χ0n) is 22.4. The minimum atomic E-state index is -0.404. The monoisotopic (exact) mass is 485 g/mol. The number of hydrogen-bond donors (Lipinski definition) is 0. The second kappa shape index (κ2) is 6.67. The molecule has 5 aliphatic rings. The van der Waals surface area contributed by atoms with Crippen molar-refractivity contribution in [3.05, 3.63) is 101 Å². The molecular formula is C33H32BNO2. The van der Waals surface area contributed by atoms with Crippen molar-refractivity contribution in [3.8, 4) is 11.1 Å². The highest BCUT2D eigenvalue weighted by Gasteiger charge is 2.59. The second-order valence-electron chi connectivity index (χ2n) is 12.8. The summed E-state index contributed by atoms with van der Waals surface area (Å²) in [6, 6.07) is 25.0. The molecule has 3 aliphatic heterocycles. The molecule has 0 spiro atoms. The molecule has 8 rings (SSSR count). The predicted octanol–water partition coefficient (Wildman–Crippen LogP) is 7.59. The van der Waals surface area contributed by atoms with Crippen LogP contribution in [-0.4, -0.2) is 24.4 Å². The number of benzene rings is 3. The van der Waals surface area contributed by atoms with Gasteiger partial charge in [0, 0.05) is 33.8 Å². The molecule has 1 fully saturated rings. The van der Waals surface area contributed by atoms with Gasteiger partial charge in [0.25, 0.3) is 0 Å². The minimum absolute atomic E-state index is 0.0802. The van der Waals surface area contributed by atoms with Crippen molar-refractivity contribution < 1.29 is 9.31 Å². The van der Waals surface area contributed by atoms with Gasteiger partial charge in [0.15, 0.2) is 0 Å². The van der Waals surface area contributed by atoms with Gasteiger partial charge in [-0.3, -0.25) is 0 Å². The first-order chi connectivity index (χ1) is 17.6. The largest absolute Gasteiger partial charge is 0.495 e. The number of rotatable bonds is 1. The van der Waals surface area contributed by atoms with Crippen LogP contribution in [0.25, 0.3) is 16.7 Å². The number of allylic oxidation sites excluding steroid dienone is 2. The fourth-order valence-electron chi connectivity index (χ4n) is 7.57. The van der Waals surface area contributed by atoms with E-state index in [4.69, 9.17) is 9.31 Å². The second-order valence-corrected chi connectivity index (χ2v) is 12.8. The average Bonchev–Trinajstić information content (AvgIpc) is 3.37. The summed E-state index contributed by atoms with van der Waals surface area (Å²) in [5.41, 5.74) is 12.6. The first-order valence-corrected chi connectivity index (χ1v) is 13.5. The highest BCUT2D eigenvalue weighted by molar-refractivity contribution is 6.58. The van der Waals surface area contributed by atoms with Gasteiger partial charge in [-0.15, -0.1) is 0 Å². The van der Waals surface area contributed by atoms with E-state index in [0.29, 0.717) is 0 Å². The number of nitrogens with zero attached hydrogens (tertiary/aromatic N) is 1. The summed E-state index contributed by atoms with van der Waals surface area (Å²) in [6.07, 6.45) is 2.46. The Bertz CT molecular complexity index is 1580. The van der Waals surface area contributed by atoms with Crippen LogP contribution in [0.4, 0.5) is 11.4 Å². The molecule has 0 amide bonds. The SMILES string of the molecule is CC1(C)C2=CC(B3OC(C)(C)C(C)(C)O3)=C3c4ccccc4N4c5ccccc5-c5cccc1c5C2C34. The van der Waals surface area contributed by atoms with E-state index in [2.05, 4.69) is 119 Å². The molecule has 3 aromatic carbocycles. The number of para-hydroxylation sites is 2. The minimum Gasteiger partial charge on any atom is -0.399 e. The third kappa shape index (κ3) is 2.51.